The Morgan fingerprint density at radius 1 is 1.00 bits per heavy atom. The lowest BCUT2D eigenvalue weighted by Crippen LogP contribution is -2.21. The molecule has 0 aliphatic heterocycles. The molecule has 0 fully saturated rings. The summed E-state index contributed by atoms with van der Waals surface area (Å²) in [6.45, 7) is -1.59. The van der Waals surface area contributed by atoms with Crippen molar-refractivity contribution in [1.82, 2.24) is 19.7 Å². The fourth-order valence-corrected chi connectivity index (χ4v) is 3.16. The highest BCUT2D eigenvalue weighted by molar-refractivity contribution is 7.89. The highest BCUT2D eigenvalue weighted by Crippen LogP contribution is 2.32. The zero-order chi connectivity index (χ0) is 29.4. The number of nitrogens with one attached hydrogen (secondary N) is 3. The highest BCUT2D eigenvalue weighted by atomic mass is 32.2. The van der Waals surface area contributed by atoms with E-state index in [1.165, 1.54) is 31.4 Å². The van der Waals surface area contributed by atoms with Crippen LogP contribution in [0.2, 0.25) is 0 Å². The number of ether oxygens (including phenoxy) is 1. The summed E-state index contributed by atoms with van der Waals surface area (Å²) in [5, 5.41) is 12.5. The number of aliphatic carboxylic acids is 1. The van der Waals surface area contributed by atoms with Gasteiger partial charge in [0.2, 0.25) is 10.0 Å². The van der Waals surface area contributed by atoms with Crippen molar-refractivity contribution in [3.8, 4) is 5.75 Å². The van der Waals surface area contributed by atoms with Crippen LogP contribution in [0.25, 0.3) is 0 Å². The predicted octanol–water partition coefficient (Wildman–Crippen LogP) is 3.98. The van der Waals surface area contributed by atoms with Gasteiger partial charge in [-0.3, -0.25) is 0 Å². The summed E-state index contributed by atoms with van der Waals surface area (Å²) in [5.74, 6) is -3.57. The molecule has 0 amide bonds. The van der Waals surface area contributed by atoms with E-state index < -0.39 is 40.8 Å². The number of aromatic nitrogens is 3. The van der Waals surface area contributed by atoms with Crippen LogP contribution in [0.3, 0.4) is 0 Å². The number of alkyl halides is 6. The van der Waals surface area contributed by atoms with E-state index in [0.717, 1.165) is 24.5 Å². The van der Waals surface area contributed by atoms with Gasteiger partial charge in [-0.15, -0.1) is 0 Å². The third-order valence-electron chi connectivity index (χ3n) is 4.10. The van der Waals surface area contributed by atoms with Crippen molar-refractivity contribution in [2.75, 3.05) is 24.3 Å². The summed E-state index contributed by atoms with van der Waals surface area (Å²) in [5.41, 5.74) is -0.0979. The molecule has 39 heavy (non-hydrogen) atoms. The Kier molecular flexibility index (Phi) is 9.94. The van der Waals surface area contributed by atoms with Crippen molar-refractivity contribution in [2.45, 2.75) is 17.2 Å². The maximum Gasteiger partial charge on any atom is 0.490 e. The molecule has 2 aromatic heterocycles. The maximum absolute atomic E-state index is 13.8. The molecule has 0 saturated heterocycles. The minimum absolute atomic E-state index is 0.0645. The molecular formula is C20H17F7N6O5S. The van der Waals surface area contributed by atoms with Crippen LogP contribution < -0.4 is 20.1 Å². The van der Waals surface area contributed by atoms with E-state index in [2.05, 4.69) is 30.3 Å². The van der Waals surface area contributed by atoms with Gasteiger partial charge in [-0.1, -0.05) is 0 Å². The maximum atomic E-state index is 13.8. The van der Waals surface area contributed by atoms with Gasteiger partial charge < -0.3 is 20.5 Å². The molecule has 0 aliphatic carbocycles. The van der Waals surface area contributed by atoms with Crippen LogP contribution in [0.15, 0.2) is 53.8 Å². The fourth-order valence-electron chi connectivity index (χ4n) is 2.41. The number of pyridine rings is 1. The average molecular weight is 586 g/mol. The van der Waals surface area contributed by atoms with Gasteiger partial charge in [0.1, 0.15) is 23.7 Å². The van der Waals surface area contributed by atoms with Gasteiger partial charge in [-0.25, -0.2) is 37.3 Å². The summed E-state index contributed by atoms with van der Waals surface area (Å²) in [6.07, 6.45) is -7.22. The molecule has 0 bridgehead atoms. The van der Waals surface area contributed by atoms with Crippen molar-refractivity contribution in [1.29, 1.82) is 0 Å². The Hall–Kier alpha value is -4.26. The Bertz CT molecular complexity index is 1400. The third-order valence-corrected chi connectivity index (χ3v) is 5.51. The number of halogens is 7. The lowest BCUT2D eigenvalue weighted by Gasteiger charge is -2.16. The standard InChI is InChI=1S/C18H16F4N6O3S.C2HF3O2/c1-23-32(29,30)11-4-5-14(31-9-18(20,21)22)13(7-11)27-15-8-16(26-10-25-15)28-17-12(19)3-2-6-24-17;3-2(4,5)1(6)7/h2-8,10,23H,9H2,1H3,(H2,24,25,26,27,28);(H,6,7). The number of carbonyl (C=O) groups is 1. The van der Waals surface area contributed by atoms with Crippen molar-refractivity contribution in [3.05, 3.63) is 54.7 Å². The zero-order valence-corrected chi connectivity index (χ0v) is 20.1. The van der Waals surface area contributed by atoms with Crippen LogP contribution in [0.4, 0.5) is 53.9 Å². The molecule has 3 rings (SSSR count). The number of nitrogens with zero attached hydrogens (tertiary/aromatic N) is 3. The third kappa shape index (κ3) is 9.85. The second-order valence-electron chi connectivity index (χ2n) is 6.94. The van der Waals surface area contributed by atoms with Gasteiger partial charge >= 0.3 is 18.3 Å². The number of carboxylic acid groups (broad SMARTS) is 1. The molecule has 11 nitrogen and oxygen atoms in total. The number of hydrogen-bond donors (Lipinski definition) is 4. The number of benzene rings is 1. The van der Waals surface area contributed by atoms with E-state index in [0.29, 0.717) is 0 Å². The van der Waals surface area contributed by atoms with Gasteiger partial charge in [-0.05, 0) is 37.4 Å². The van der Waals surface area contributed by atoms with E-state index in [1.807, 2.05) is 0 Å². The monoisotopic (exact) mass is 586 g/mol. The average Bonchev–Trinajstić information content (AvgIpc) is 2.84. The summed E-state index contributed by atoms with van der Waals surface area (Å²) in [6, 6.07) is 7.18. The lowest BCUT2D eigenvalue weighted by atomic mass is 10.3. The largest absolute Gasteiger partial charge is 0.490 e. The second kappa shape index (κ2) is 12.5. The van der Waals surface area contributed by atoms with Crippen molar-refractivity contribution in [2.24, 2.45) is 0 Å². The van der Waals surface area contributed by atoms with Crippen LogP contribution in [-0.2, 0) is 14.8 Å². The van der Waals surface area contributed by atoms with Gasteiger partial charge in [0.05, 0.1) is 10.6 Å². The second-order valence-corrected chi connectivity index (χ2v) is 8.83. The van der Waals surface area contributed by atoms with Gasteiger partial charge in [0.15, 0.2) is 18.2 Å². The van der Waals surface area contributed by atoms with Crippen LogP contribution >= 0.6 is 0 Å². The minimum atomic E-state index is -5.08. The van der Waals surface area contributed by atoms with Crippen LogP contribution in [0.5, 0.6) is 5.75 Å². The van der Waals surface area contributed by atoms with E-state index in [9.17, 15) is 39.2 Å². The Labute approximate surface area is 215 Å². The Morgan fingerprint density at radius 3 is 2.15 bits per heavy atom. The lowest BCUT2D eigenvalue weighted by molar-refractivity contribution is -0.192. The van der Waals surface area contributed by atoms with Crippen LogP contribution in [-0.4, -0.2) is 60.5 Å². The fraction of sp³-hybridized carbons (Fsp3) is 0.200. The molecule has 2 heterocycles. The summed E-state index contributed by atoms with van der Waals surface area (Å²) >= 11 is 0. The molecule has 0 unspecified atom stereocenters. The van der Waals surface area contributed by atoms with E-state index in [4.69, 9.17) is 14.6 Å². The van der Waals surface area contributed by atoms with Gasteiger partial charge in [0, 0.05) is 12.3 Å². The molecule has 0 radical (unpaired) electrons. The molecule has 19 heteroatoms. The normalized spacial score (nSPS) is 11.7. The molecule has 0 spiro atoms. The minimum Gasteiger partial charge on any atom is -0.482 e. The quantitative estimate of drug-likeness (QED) is 0.285. The smallest absolute Gasteiger partial charge is 0.482 e. The van der Waals surface area contributed by atoms with Crippen molar-refractivity contribution in [3.63, 3.8) is 0 Å². The number of anilines is 4. The van der Waals surface area contributed by atoms with E-state index in [1.54, 1.807) is 0 Å². The molecule has 1 aromatic carbocycles. The van der Waals surface area contributed by atoms with Gasteiger partial charge in [0.25, 0.3) is 0 Å². The molecular weight excluding hydrogens is 569 g/mol. The van der Waals surface area contributed by atoms with Crippen LogP contribution in [0, 0.1) is 5.82 Å². The van der Waals surface area contributed by atoms with Gasteiger partial charge in [-0.2, -0.15) is 26.3 Å². The van der Waals surface area contributed by atoms with Crippen LogP contribution in [0.1, 0.15) is 0 Å². The number of rotatable bonds is 8. The molecule has 0 atom stereocenters. The Morgan fingerprint density at radius 2 is 1.62 bits per heavy atom. The van der Waals surface area contributed by atoms with E-state index >= 15 is 0 Å². The SMILES string of the molecule is CNS(=O)(=O)c1ccc(OCC(F)(F)F)c(Nc2cc(Nc3ncccc3F)ncn2)c1.O=C(O)C(F)(F)F. The first-order valence-corrected chi connectivity index (χ1v) is 11.5. The molecule has 0 aliphatic rings. The number of sulfonamides is 1. The zero-order valence-electron chi connectivity index (χ0n) is 19.3. The molecule has 4 N–H and O–H groups in total. The predicted molar refractivity (Wildman–Crippen MR) is 121 cm³/mol. The summed E-state index contributed by atoms with van der Waals surface area (Å²) in [4.78, 5) is 20.4. The number of hydrogen-bond acceptors (Lipinski definition) is 9. The topological polar surface area (TPSA) is 155 Å². The summed E-state index contributed by atoms with van der Waals surface area (Å²) < 4.78 is 114. The summed E-state index contributed by atoms with van der Waals surface area (Å²) in [7, 11) is -2.70. The Balaban J connectivity index is 0.000000673. The van der Waals surface area contributed by atoms with E-state index in [-0.39, 0.29) is 33.8 Å². The number of carboxylic acids is 1. The molecule has 0 saturated carbocycles. The first-order valence-electron chi connectivity index (χ1n) is 10.1. The first kappa shape index (κ1) is 31.0. The van der Waals surface area contributed by atoms with Crippen molar-refractivity contribution >= 4 is 39.1 Å². The highest BCUT2D eigenvalue weighted by Gasteiger charge is 2.38. The first-order chi connectivity index (χ1) is 18.0. The van der Waals surface area contributed by atoms with Crippen molar-refractivity contribution < 1.29 is 53.8 Å². The molecule has 3 aromatic rings. The molecule has 212 valence electrons.